The van der Waals surface area contributed by atoms with Crippen LogP contribution in [0.2, 0.25) is 0 Å². The van der Waals surface area contributed by atoms with Gasteiger partial charge in [-0.1, -0.05) is 6.07 Å². The van der Waals surface area contributed by atoms with Crippen molar-refractivity contribution in [3.63, 3.8) is 0 Å². The molecule has 2 N–H and O–H groups in total. The molecular weight excluding hydrogens is 207 g/mol. The summed E-state index contributed by atoms with van der Waals surface area (Å²) in [5.41, 5.74) is 1.15. The van der Waals surface area contributed by atoms with E-state index in [4.69, 9.17) is 0 Å². The van der Waals surface area contributed by atoms with Gasteiger partial charge in [0.05, 0.1) is 5.69 Å². The number of benzene rings is 1. The lowest BCUT2D eigenvalue weighted by atomic mass is 10.2. The normalized spacial score (nSPS) is 14.6. The monoisotopic (exact) mass is 222 g/mol. The van der Waals surface area contributed by atoms with Crippen LogP contribution in [0, 0.1) is 18.7 Å². The Balaban J connectivity index is 1.91. The highest BCUT2D eigenvalue weighted by atomic mass is 19.1. The van der Waals surface area contributed by atoms with E-state index in [0.717, 1.165) is 5.56 Å². The molecular formula is C12H15FN2O. The molecule has 0 bridgehead atoms. The highest BCUT2D eigenvalue weighted by molar-refractivity contribution is 5.89. The highest BCUT2D eigenvalue weighted by Gasteiger charge is 2.21. The van der Waals surface area contributed by atoms with Crippen LogP contribution in [0.5, 0.6) is 0 Å². The Bertz CT molecular complexity index is 402. The molecule has 1 fully saturated rings. The molecule has 0 spiro atoms. The summed E-state index contributed by atoms with van der Waals surface area (Å²) in [7, 11) is 0. The predicted octanol–water partition coefficient (Wildman–Crippen LogP) is 2.67. The Kier molecular flexibility index (Phi) is 3.08. The summed E-state index contributed by atoms with van der Waals surface area (Å²) in [6.07, 6.45) is 2.36. The van der Waals surface area contributed by atoms with Crippen molar-refractivity contribution in [2.75, 3.05) is 11.9 Å². The van der Waals surface area contributed by atoms with E-state index in [1.807, 2.05) is 6.92 Å². The van der Waals surface area contributed by atoms with Crippen molar-refractivity contribution < 1.29 is 9.18 Å². The van der Waals surface area contributed by atoms with Gasteiger partial charge in [-0.25, -0.2) is 9.18 Å². The van der Waals surface area contributed by atoms with Gasteiger partial charge in [-0.05, 0) is 43.4 Å². The van der Waals surface area contributed by atoms with Crippen molar-refractivity contribution in [3.05, 3.63) is 29.6 Å². The first-order valence-corrected chi connectivity index (χ1v) is 5.46. The second kappa shape index (κ2) is 4.51. The van der Waals surface area contributed by atoms with E-state index in [2.05, 4.69) is 10.6 Å². The molecule has 4 heteroatoms. The Morgan fingerprint density at radius 3 is 2.94 bits per heavy atom. The molecule has 16 heavy (non-hydrogen) atoms. The van der Waals surface area contributed by atoms with Crippen LogP contribution in [0.1, 0.15) is 18.4 Å². The number of amides is 2. The Labute approximate surface area is 94.0 Å². The van der Waals surface area contributed by atoms with E-state index in [1.165, 1.54) is 18.9 Å². The Morgan fingerprint density at radius 2 is 2.25 bits per heavy atom. The number of urea groups is 1. The molecule has 2 rings (SSSR count). The summed E-state index contributed by atoms with van der Waals surface area (Å²) in [5, 5.41) is 5.23. The lowest BCUT2D eigenvalue weighted by Crippen LogP contribution is -2.30. The van der Waals surface area contributed by atoms with Crippen molar-refractivity contribution in [1.82, 2.24) is 5.32 Å². The number of anilines is 1. The first kappa shape index (κ1) is 10.9. The fourth-order valence-electron chi connectivity index (χ4n) is 1.46. The van der Waals surface area contributed by atoms with Crippen LogP contribution in [0.4, 0.5) is 14.9 Å². The van der Waals surface area contributed by atoms with E-state index < -0.39 is 5.82 Å². The van der Waals surface area contributed by atoms with Crippen LogP contribution in [-0.2, 0) is 0 Å². The SMILES string of the molecule is Cc1ccc(F)c(NC(=O)NCC2CC2)c1. The zero-order valence-electron chi connectivity index (χ0n) is 9.22. The molecule has 1 aliphatic carbocycles. The first-order chi connectivity index (χ1) is 7.65. The minimum Gasteiger partial charge on any atom is -0.338 e. The summed E-state index contributed by atoms with van der Waals surface area (Å²) < 4.78 is 13.3. The third kappa shape index (κ3) is 2.95. The van der Waals surface area contributed by atoms with Gasteiger partial charge in [0.2, 0.25) is 0 Å². The van der Waals surface area contributed by atoms with Crippen LogP contribution in [0.3, 0.4) is 0 Å². The topological polar surface area (TPSA) is 41.1 Å². The molecule has 0 radical (unpaired) electrons. The van der Waals surface area contributed by atoms with Crippen LogP contribution in [0.15, 0.2) is 18.2 Å². The number of rotatable bonds is 3. The minimum absolute atomic E-state index is 0.230. The second-order valence-electron chi connectivity index (χ2n) is 4.26. The van der Waals surface area contributed by atoms with Gasteiger partial charge in [-0.2, -0.15) is 0 Å². The van der Waals surface area contributed by atoms with Crippen molar-refractivity contribution in [2.45, 2.75) is 19.8 Å². The van der Waals surface area contributed by atoms with Gasteiger partial charge in [0.15, 0.2) is 0 Å². The standard InChI is InChI=1S/C12H15FN2O/c1-8-2-5-10(13)11(6-8)15-12(16)14-7-9-3-4-9/h2,5-6,9H,3-4,7H2,1H3,(H2,14,15,16). The van der Waals surface area contributed by atoms with Gasteiger partial charge in [0.1, 0.15) is 5.82 Å². The zero-order valence-corrected chi connectivity index (χ0v) is 9.22. The van der Waals surface area contributed by atoms with Crippen LogP contribution in [0.25, 0.3) is 0 Å². The lowest BCUT2D eigenvalue weighted by Gasteiger charge is -2.08. The van der Waals surface area contributed by atoms with E-state index in [0.29, 0.717) is 12.5 Å². The van der Waals surface area contributed by atoms with Crippen molar-refractivity contribution in [3.8, 4) is 0 Å². The molecule has 1 aromatic carbocycles. The van der Waals surface area contributed by atoms with Crippen molar-refractivity contribution in [1.29, 1.82) is 0 Å². The van der Waals surface area contributed by atoms with E-state index in [9.17, 15) is 9.18 Å². The molecule has 86 valence electrons. The number of aryl methyl sites for hydroxylation is 1. The third-order valence-corrected chi connectivity index (χ3v) is 2.62. The van der Waals surface area contributed by atoms with E-state index in [1.54, 1.807) is 12.1 Å². The Hall–Kier alpha value is -1.58. The quantitative estimate of drug-likeness (QED) is 0.811. The number of halogens is 1. The highest BCUT2D eigenvalue weighted by Crippen LogP contribution is 2.27. The number of hydrogen-bond donors (Lipinski definition) is 2. The fraction of sp³-hybridized carbons (Fsp3) is 0.417. The number of carbonyl (C=O) groups is 1. The van der Waals surface area contributed by atoms with Gasteiger partial charge >= 0.3 is 6.03 Å². The van der Waals surface area contributed by atoms with Crippen LogP contribution in [-0.4, -0.2) is 12.6 Å². The summed E-state index contributed by atoms with van der Waals surface area (Å²) >= 11 is 0. The fourth-order valence-corrected chi connectivity index (χ4v) is 1.46. The molecule has 0 unspecified atom stereocenters. The van der Waals surface area contributed by atoms with Crippen LogP contribution >= 0.6 is 0 Å². The molecule has 1 aliphatic rings. The van der Waals surface area contributed by atoms with Gasteiger partial charge in [0.25, 0.3) is 0 Å². The maximum Gasteiger partial charge on any atom is 0.319 e. The summed E-state index contributed by atoms with van der Waals surface area (Å²) in [6.45, 7) is 2.53. The average molecular weight is 222 g/mol. The largest absolute Gasteiger partial charge is 0.338 e. The molecule has 1 saturated carbocycles. The predicted molar refractivity (Wildman–Crippen MR) is 60.9 cm³/mol. The summed E-state index contributed by atoms with van der Waals surface area (Å²) in [5.74, 6) is 0.209. The maximum atomic E-state index is 13.3. The van der Waals surface area contributed by atoms with Gasteiger partial charge in [0, 0.05) is 6.54 Å². The Morgan fingerprint density at radius 1 is 1.50 bits per heavy atom. The first-order valence-electron chi connectivity index (χ1n) is 5.46. The van der Waals surface area contributed by atoms with Gasteiger partial charge in [-0.15, -0.1) is 0 Å². The van der Waals surface area contributed by atoms with Gasteiger partial charge in [-0.3, -0.25) is 0 Å². The number of nitrogens with one attached hydrogen (secondary N) is 2. The van der Waals surface area contributed by atoms with Crippen molar-refractivity contribution in [2.24, 2.45) is 5.92 Å². The maximum absolute atomic E-state index is 13.3. The third-order valence-electron chi connectivity index (χ3n) is 2.62. The van der Waals surface area contributed by atoms with Crippen molar-refractivity contribution >= 4 is 11.7 Å². The molecule has 2 amide bonds. The minimum atomic E-state index is -0.410. The molecule has 0 aromatic heterocycles. The molecule has 0 heterocycles. The number of carbonyl (C=O) groups excluding carboxylic acids is 1. The lowest BCUT2D eigenvalue weighted by molar-refractivity contribution is 0.251. The molecule has 0 saturated heterocycles. The van der Waals surface area contributed by atoms with E-state index in [-0.39, 0.29) is 11.7 Å². The average Bonchev–Trinajstić information content (AvgIpc) is 3.04. The molecule has 1 aromatic rings. The van der Waals surface area contributed by atoms with Gasteiger partial charge < -0.3 is 10.6 Å². The van der Waals surface area contributed by atoms with Crippen LogP contribution < -0.4 is 10.6 Å². The molecule has 0 atom stereocenters. The number of hydrogen-bond acceptors (Lipinski definition) is 1. The smallest absolute Gasteiger partial charge is 0.319 e. The molecule has 3 nitrogen and oxygen atoms in total. The molecule has 0 aliphatic heterocycles. The van der Waals surface area contributed by atoms with E-state index >= 15 is 0 Å². The summed E-state index contributed by atoms with van der Waals surface area (Å²) in [4.78, 5) is 11.4. The summed E-state index contributed by atoms with van der Waals surface area (Å²) in [6, 6.07) is 4.30. The zero-order chi connectivity index (χ0) is 11.5. The second-order valence-corrected chi connectivity index (χ2v) is 4.26.